The van der Waals surface area contributed by atoms with E-state index >= 15 is 0 Å². The third-order valence-corrected chi connectivity index (χ3v) is 5.85. The van der Waals surface area contributed by atoms with Crippen LogP contribution >= 0.6 is 15.9 Å². The van der Waals surface area contributed by atoms with Gasteiger partial charge in [-0.3, -0.25) is 0 Å². The first kappa shape index (κ1) is 17.0. The lowest BCUT2D eigenvalue weighted by molar-refractivity contribution is 0.0728. The summed E-state index contributed by atoms with van der Waals surface area (Å²) in [5.41, 5.74) is 1.66. The minimum Gasteiger partial charge on any atom is -0.308 e. The van der Waals surface area contributed by atoms with Crippen LogP contribution < -0.4 is 5.32 Å². The first-order valence-corrected chi connectivity index (χ1v) is 8.89. The Morgan fingerprint density at radius 3 is 2.71 bits per heavy atom. The molecule has 21 heavy (non-hydrogen) atoms. The van der Waals surface area contributed by atoms with Crippen molar-refractivity contribution in [1.82, 2.24) is 10.2 Å². The van der Waals surface area contributed by atoms with Crippen LogP contribution in [0.1, 0.15) is 51.1 Å². The SMILES string of the molecule is CC1CCCC(CNC(C)c2ccccc2Br)(N(C)C)C1. The number of halogens is 1. The molecular weight excluding hydrogens is 324 g/mol. The number of nitrogens with zero attached hydrogens (tertiary/aromatic N) is 1. The lowest BCUT2D eigenvalue weighted by atomic mass is 9.75. The van der Waals surface area contributed by atoms with Crippen molar-refractivity contribution >= 4 is 15.9 Å². The highest BCUT2D eigenvalue weighted by atomic mass is 79.9. The molecule has 1 saturated carbocycles. The summed E-state index contributed by atoms with van der Waals surface area (Å²) in [6.07, 6.45) is 5.34. The average Bonchev–Trinajstić information content (AvgIpc) is 2.45. The number of likely N-dealkylation sites (N-methyl/N-ethyl adjacent to an activating group) is 1. The van der Waals surface area contributed by atoms with E-state index in [9.17, 15) is 0 Å². The molecule has 3 unspecified atom stereocenters. The summed E-state index contributed by atoms with van der Waals surface area (Å²) in [7, 11) is 4.48. The van der Waals surface area contributed by atoms with Gasteiger partial charge in [0.05, 0.1) is 0 Å². The summed E-state index contributed by atoms with van der Waals surface area (Å²) in [5.74, 6) is 0.835. The zero-order chi connectivity index (χ0) is 15.5. The standard InChI is InChI=1S/C18H29BrN2/c1-14-8-7-11-18(12-14,21(3)4)13-20-15(2)16-9-5-6-10-17(16)19/h5-6,9-10,14-15,20H,7-8,11-13H2,1-4H3. The molecule has 1 aromatic rings. The van der Waals surface area contributed by atoms with Gasteiger partial charge in [0.2, 0.25) is 0 Å². The van der Waals surface area contributed by atoms with Crippen LogP contribution in [0.25, 0.3) is 0 Å². The summed E-state index contributed by atoms with van der Waals surface area (Å²) >= 11 is 3.66. The van der Waals surface area contributed by atoms with Crippen molar-refractivity contribution in [3.63, 3.8) is 0 Å². The highest BCUT2D eigenvalue weighted by molar-refractivity contribution is 9.10. The first-order chi connectivity index (χ1) is 9.94. The third-order valence-electron chi connectivity index (χ3n) is 5.13. The number of rotatable bonds is 5. The van der Waals surface area contributed by atoms with Gasteiger partial charge >= 0.3 is 0 Å². The Morgan fingerprint density at radius 1 is 1.38 bits per heavy atom. The van der Waals surface area contributed by atoms with Gasteiger partial charge in [-0.25, -0.2) is 0 Å². The molecule has 1 fully saturated rings. The van der Waals surface area contributed by atoms with Gasteiger partial charge in [-0.1, -0.05) is 53.9 Å². The maximum atomic E-state index is 3.78. The summed E-state index contributed by atoms with van der Waals surface area (Å²) in [5, 5.41) is 3.78. The maximum absolute atomic E-state index is 3.78. The van der Waals surface area contributed by atoms with Crippen molar-refractivity contribution in [3.8, 4) is 0 Å². The Morgan fingerprint density at radius 2 is 2.10 bits per heavy atom. The molecule has 0 aromatic heterocycles. The fraction of sp³-hybridized carbons (Fsp3) is 0.667. The molecule has 2 rings (SSSR count). The second-order valence-corrected chi connectivity index (χ2v) is 7.80. The van der Waals surface area contributed by atoms with Gasteiger partial charge < -0.3 is 10.2 Å². The normalized spacial score (nSPS) is 27.8. The molecular formula is C18H29BrN2. The van der Waals surface area contributed by atoms with Crippen LogP contribution in [-0.4, -0.2) is 31.1 Å². The molecule has 1 N–H and O–H groups in total. The molecule has 0 saturated heterocycles. The highest BCUT2D eigenvalue weighted by Gasteiger charge is 2.36. The van der Waals surface area contributed by atoms with Crippen LogP contribution in [0.5, 0.6) is 0 Å². The van der Waals surface area contributed by atoms with Gasteiger partial charge in [-0.05, 0) is 51.4 Å². The van der Waals surface area contributed by atoms with E-state index in [2.05, 4.69) is 78.4 Å². The Balaban J connectivity index is 2.04. The lowest BCUT2D eigenvalue weighted by Gasteiger charge is -2.46. The zero-order valence-corrected chi connectivity index (χ0v) is 15.4. The Hall–Kier alpha value is -0.380. The Bertz CT molecular complexity index is 460. The molecule has 0 spiro atoms. The van der Waals surface area contributed by atoms with Gasteiger partial charge in [0.25, 0.3) is 0 Å². The van der Waals surface area contributed by atoms with Gasteiger partial charge in [0.1, 0.15) is 0 Å². The molecule has 0 radical (unpaired) electrons. The maximum Gasteiger partial charge on any atom is 0.0330 e. The van der Waals surface area contributed by atoms with Crippen LogP contribution in [0.15, 0.2) is 28.7 Å². The summed E-state index contributed by atoms with van der Waals surface area (Å²) in [4.78, 5) is 2.45. The van der Waals surface area contributed by atoms with Crippen molar-refractivity contribution in [2.24, 2.45) is 5.92 Å². The van der Waals surface area contributed by atoms with Crippen molar-refractivity contribution in [1.29, 1.82) is 0 Å². The molecule has 1 aromatic carbocycles. The molecule has 1 aliphatic carbocycles. The number of benzene rings is 1. The van der Waals surface area contributed by atoms with Gasteiger partial charge in [0.15, 0.2) is 0 Å². The van der Waals surface area contributed by atoms with E-state index in [-0.39, 0.29) is 0 Å². The van der Waals surface area contributed by atoms with Gasteiger partial charge in [0, 0.05) is 22.6 Å². The van der Waals surface area contributed by atoms with E-state index in [0.717, 1.165) is 12.5 Å². The van der Waals surface area contributed by atoms with Crippen molar-refractivity contribution in [3.05, 3.63) is 34.3 Å². The predicted octanol–water partition coefficient (Wildman–Crippen LogP) is 4.61. The van der Waals surface area contributed by atoms with E-state index < -0.39 is 0 Å². The van der Waals surface area contributed by atoms with E-state index in [0.29, 0.717) is 11.6 Å². The van der Waals surface area contributed by atoms with E-state index in [1.165, 1.54) is 35.7 Å². The van der Waals surface area contributed by atoms with Crippen molar-refractivity contribution in [2.75, 3.05) is 20.6 Å². The predicted molar refractivity (Wildman–Crippen MR) is 94.6 cm³/mol. The van der Waals surface area contributed by atoms with E-state index in [1.54, 1.807) is 0 Å². The topological polar surface area (TPSA) is 15.3 Å². The highest BCUT2D eigenvalue weighted by Crippen LogP contribution is 2.35. The smallest absolute Gasteiger partial charge is 0.0330 e. The van der Waals surface area contributed by atoms with Crippen LogP contribution in [0.3, 0.4) is 0 Å². The molecule has 3 atom stereocenters. The van der Waals surface area contributed by atoms with E-state index in [4.69, 9.17) is 0 Å². The second-order valence-electron chi connectivity index (χ2n) is 6.94. The number of nitrogens with one attached hydrogen (secondary N) is 1. The monoisotopic (exact) mass is 352 g/mol. The first-order valence-electron chi connectivity index (χ1n) is 8.10. The van der Waals surface area contributed by atoms with Crippen molar-refractivity contribution in [2.45, 2.75) is 51.1 Å². The average molecular weight is 353 g/mol. The fourth-order valence-corrected chi connectivity index (χ4v) is 4.26. The van der Waals surface area contributed by atoms with Crippen molar-refractivity contribution < 1.29 is 0 Å². The summed E-state index contributed by atoms with van der Waals surface area (Å²) in [6.45, 7) is 5.72. The minimum atomic E-state index is 0.313. The summed E-state index contributed by atoms with van der Waals surface area (Å²) < 4.78 is 1.20. The van der Waals surface area contributed by atoms with E-state index in [1.807, 2.05) is 0 Å². The van der Waals surface area contributed by atoms with Gasteiger partial charge in [-0.2, -0.15) is 0 Å². The minimum absolute atomic E-state index is 0.313. The number of hydrogen-bond donors (Lipinski definition) is 1. The Labute approximate surface area is 138 Å². The second kappa shape index (κ2) is 7.26. The van der Waals surface area contributed by atoms with Crippen LogP contribution in [0.2, 0.25) is 0 Å². The van der Waals surface area contributed by atoms with Crippen LogP contribution in [0, 0.1) is 5.92 Å². The Kier molecular flexibility index (Phi) is 5.87. The largest absolute Gasteiger partial charge is 0.308 e. The van der Waals surface area contributed by atoms with Crippen LogP contribution in [0.4, 0.5) is 0 Å². The fourth-order valence-electron chi connectivity index (χ4n) is 3.64. The summed E-state index contributed by atoms with van der Waals surface area (Å²) in [6, 6.07) is 8.88. The third kappa shape index (κ3) is 4.08. The molecule has 1 aliphatic rings. The molecule has 3 heteroatoms. The molecule has 118 valence electrons. The zero-order valence-electron chi connectivity index (χ0n) is 13.8. The molecule has 0 amide bonds. The molecule has 2 nitrogen and oxygen atoms in total. The molecule has 0 aliphatic heterocycles. The lowest BCUT2D eigenvalue weighted by Crippen LogP contribution is -2.54. The van der Waals surface area contributed by atoms with Gasteiger partial charge in [-0.15, -0.1) is 0 Å². The van der Waals surface area contributed by atoms with Crippen LogP contribution in [-0.2, 0) is 0 Å². The quantitative estimate of drug-likeness (QED) is 0.832. The number of hydrogen-bond acceptors (Lipinski definition) is 2. The molecule has 0 bridgehead atoms. The molecule has 0 heterocycles.